The van der Waals surface area contributed by atoms with Crippen molar-refractivity contribution >= 4 is 29.8 Å². The molecule has 13 heteroatoms. The van der Waals surface area contributed by atoms with Crippen LogP contribution in [0.4, 0.5) is 4.79 Å². The molecule has 0 bridgehead atoms. The number of nitrogens with one attached hydrogen (secondary N) is 4. The van der Waals surface area contributed by atoms with Crippen LogP contribution in [-0.4, -0.2) is 77.8 Å². The number of hydrogen-bond acceptors (Lipinski definition) is 8. The quantitative estimate of drug-likeness (QED) is 0.0644. The fourth-order valence-electron chi connectivity index (χ4n) is 6.80. The second-order valence-corrected chi connectivity index (χ2v) is 13.8. The molecule has 0 aliphatic heterocycles. The standard InChI is InChI=1S/C43H49N5O8/c44-23-9-8-17-36(41(53)47-37(26-29-19-21-30(49)22-20-29)40(52)45-24-10-18-39(50)51)46-42(54)38(25-28-11-2-1-3-12-28)48-43(55)56-27-35-33-15-6-4-13-31(33)32-14-5-7-16-34(32)35/h1-7,11-16,19-22,35-38,49H,8-10,17-18,23-27,44H2,(H,45,52)(H,46,54)(H,47,53)(H,48,55)(H,50,51)/t36-,37-,38-/m0/s1. The largest absolute Gasteiger partial charge is 0.508 e. The summed E-state index contributed by atoms with van der Waals surface area (Å²) in [5, 5.41) is 29.7. The second kappa shape index (κ2) is 20.5. The van der Waals surface area contributed by atoms with Gasteiger partial charge in [0.05, 0.1) is 0 Å². The van der Waals surface area contributed by atoms with Gasteiger partial charge in [0.15, 0.2) is 0 Å². The van der Waals surface area contributed by atoms with E-state index in [1.807, 2.05) is 78.9 Å². The normalized spacial score (nSPS) is 13.3. The minimum atomic E-state index is -1.12. The number of benzene rings is 4. The van der Waals surface area contributed by atoms with Crippen molar-refractivity contribution in [2.24, 2.45) is 5.73 Å². The molecule has 0 unspecified atom stereocenters. The fourth-order valence-corrected chi connectivity index (χ4v) is 6.80. The van der Waals surface area contributed by atoms with Crippen LogP contribution in [0.15, 0.2) is 103 Å². The third kappa shape index (κ3) is 11.6. The van der Waals surface area contributed by atoms with Crippen LogP contribution in [0.5, 0.6) is 5.75 Å². The van der Waals surface area contributed by atoms with E-state index in [1.54, 1.807) is 12.1 Å². The van der Waals surface area contributed by atoms with E-state index in [2.05, 4.69) is 21.3 Å². The SMILES string of the molecule is NCCCC[C@H](NC(=O)[C@H](Cc1ccccc1)NC(=O)OCC1c2ccccc2-c2ccccc21)C(=O)N[C@@H](Cc1ccc(O)cc1)C(=O)NCCCC(=O)O. The maximum Gasteiger partial charge on any atom is 0.407 e. The molecule has 8 N–H and O–H groups in total. The summed E-state index contributed by atoms with van der Waals surface area (Å²) in [6.45, 7) is 0.487. The molecule has 3 atom stereocenters. The molecule has 13 nitrogen and oxygen atoms in total. The zero-order chi connectivity index (χ0) is 39.9. The number of phenolic OH excluding ortho intramolecular Hbond substituents is 1. The highest BCUT2D eigenvalue weighted by atomic mass is 16.5. The van der Waals surface area contributed by atoms with Gasteiger partial charge in [-0.3, -0.25) is 19.2 Å². The van der Waals surface area contributed by atoms with Crippen molar-refractivity contribution in [2.75, 3.05) is 19.7 Å². The van der Waals surface area contributed by atoms with E-state index in [1.165, 1.54) is 12.1 Å². The van der Waals surface area contributed by atoms with Crippen LogP contribution in [0.3, 0.4) is 0 Å². The number of carboxylic acid groups (broad SMARTS) is 1. The summed E-state index contributed by atoms with van der Waals surface area (Å²) < 4.78 is 5.77. The summed E-state index contributed by atoms with van der Waals surface area (Å²) in [6.07, 6.45) is 0.687. The molecule has 0 saturated heterocycles. The van der Waals surface area contributed by atoms with E-state index in [4.69, 9.17) is 15.6 Å². The maximum absolute atomic E-state index is 14.1. The molecule has 0 heterocycles. The fraction of sp³-hybridized carbons (Fsp3) is 0.326. The van der Waals surface area contributed by atoms with Crippen molar-refractivity contribution in [1.82, 2.24) is 21.3 Å². The summed E-state index contributed by atoms with van der Waals surface area (Å²) in [4.78, 5) is 65.7. The molecule has 0 spiro atoms. The number of aliphatic carboxylic acids is 1. The monoisotopic (exact) mass is 763 g/mol. The van der Waals surface area contributed by atoms with E-state index in [0.29, 0.717) is 24.9 Å². The number of ether oxygens (including phenoxy) is 1. The molecule has 56 heavy (non-hydrogen) atoms. The Bertz CT molecular complexity index is 1910. The number of carboxylic acids is 1. The first-order valence-corrected chi connectivity index (χ1v) is 18.9. The van der Waals surface area contributed by atoms with Crippen LogP contribution in [0.2, 0.25) is 0 Å². The van der Waals surface area contributed by atoms with E-state index in [-0.39, 0.29) is 56.9 Å². The van der Waals surface area contributed by atoms with Crippen LogP contribution in [0.1, 0.15) is 60.3 Å². The first-order valence-electron chi connectivity index (χ1n) is 18.9. The average molecular weight is 764 g/mol. The van der Waals surface area contributed by atoms with Gasteiger partial charge >= 0.3 is 12.1 Å². The number of amides is 4. The Hall–Kier alpha value is -6.21. The lowest BCUT2D eigenvalue weighted by Gasteiger charge is -2.26. The first-order chi connectivity index (χ1) is 27.1. The van der Waals surface area contributed by atoms with Gasteiger partial charge in [0.25, 0.3) is 0 Å². The van der Waals surface area contributed by atoms with Crippen molar-refractivity contribution in [3.05, 3.63) is 125 Å². The number of unbranched alkanes of at least 4 members (excludes halogenated alkanes) is 1. The van der Waals surface area contributed by atoms with Crippen LogP contribution in [-0.2, 0) is 36.8 Å². The number of aromatic hydroxyl groups is 1. The first kappa shape index (κ1) is 41.0. The summed E-state index contributed by atoms with van der Waals surface area (Å²) in [7, 11) is 0. The zero-order valence-corrected chi connectivity index (χ0v) is 31.1. The second-order valence-electron chi connectivity index (χ2n) is 13.8. The molecule has 0 saturated carbocycles. The molecular formula is C43H49N5O8. The highest BCUT2D eigenvalue weighted by molar-refractivity contribution is 5.94. The smallest absolute Gasteiger partial charge is 0.407 e. The van der Waals surface area contributed by atoms with Crippen molar-refractivity contribution < 1.29 is 38.9 Å². The lowest BCUT2D eigenvalue weighted by molar-refractivity contribution is -0.137. The van der Waals surface area contributed by atoms with Gasteiger partial charge in [-0.1, -0.05) is 91.0 Å². The maximum atomic E-state index is 14.1. The number of hydrogen-bond donors (Lipinski definition) is 7. The molecule has 4 amide bonds. The average Bonchev–Trinajstić information content (AvgIpc) is 3.52. The molecule has 4 aromatic rings. The molecule has 5 rings (SSSR count). The lowest BCUT2D eigenvalue weighted by Crippen LogP contribution is -2.57. The Kier molecular flexibility index (Phi) is 15.0. The van der Waals surface area contributed by atoms with Crippen molar-refractivity contribution in [2.45, 2.75) is 69.0 Å². The van der Waals surface area contributed by atoms with Crippen molar-refractivity contribution in [3.8, 4) is 16.9 Å². The summed E-state index contributed by atoms with van der Waals surface area (Å²) in [5.74, 6) is -2.94. The Balaban J connectivity index is 1.30. The number of nitrogens with two attached hydrogens (primary N) is 1. The molecule has 294 valence electrons. The lowest BCUT2D eigenvalue weighted by atomic mass is 9.98. The molecule has 4 aromatic carbocycles. The number of carbonyl (C=O) groups is 5. The number of alkyl carbamates (subject to hydrolysis) is 1. The third-order valence-electron chi connectivity index (χ3n) is 9.69. The van der Waals surface area contributed by atoms with E-state index < -0.39 is 47.9 Å². The number of rotatable bonds is 20. The molecular weight excluding hydrogens is 715 g/mol. The minimum Gasteiger partial charge on any atom is -0.508 e. The topological polar surface area (TPSA) is 209 Å². The molecule has 0 fully saturated rings. The Morgan fingerprint density at radius 2 is 1.20 bits per heavy atom. The number of fused-ring (bicyclic) bond motifs is 3. The summed E-state index contributed by atoms with van der Waals surface area (Å²) in [5.41, 5.74) is 11.4. The van der Waals surface area contributed by atoms with Crippen LogP contribution >= 0.6 is 0 Å². The van der Waals surface area contributed by atoms with Crippen molar-refractivity contribution in [1.29, 1.82) is 0 Å². The highest BCUT2D eigenvalue weighted by Crippen LogP contribution is 2.44. The number of phenols is 1. The molecule has 1 aliphatic carbocycles. The van der Waals surface area contributed by atoms with Crippen molar-refractivity contribution in [3.63, 3.8) is 0 Å². The third-order valence-corrected chi connectivity index (χ3v) is 9.69. The number of carbonyl (C=O) groups excluding carboxylic acids is 4. The molecule has 0 radical (unpaired) electrons. The Morgan fingerprint density at radius 1 is 0.643 bits per heavy atom. The minimum absolute atomic E-state index is 0.0342. The van der Waals surface area contributed by atoms with Gasteiger partial charge in [-0.15, -0.1) is 0 Å². The zero-order valence-electron chi connectivity index (χ0n) is 31.1. The summed E-state index contributed by atoms with van der Waals surface area (Å²) >= 11 is 0. The highest BCUT2D eigenvalue weighted by Gasteiger charge is 2.32. The van der Waals surface area contributed by atoms with Gasteiger partial charge in [0.1, 0.15) is 30.5 Å². The summed E-state index contributed by atoms with van der Waals surface area (Å²) in [6, 6.07) is 27.9. The van der Waals surface area contributed by atoms with Gasteiger partial charge in [-0.25, -0.2) is 4.79 Å². The van der Waals surface area contributed by atoms with E-state index >= 15 is 0 Å². The Morgan fingerprint density at radius 3 is 1.82 bits per heavy atom. The van der Waals surface area contributed by atoms with E-state index in [0.717, 1.165) is 27.8 Å². The van der Waals surface area contributed by atoms with E-state index in [9.17, 15) is 29.1 Å². The van der Waals surface area contributed by atoms with Gasteiger partial charge in [0, 0.05) is 31.7 Å². The van der Waals surface area contributed by atoms with Crippen LogP contribution < -0.4 is 27.0 Å². The Labute approximate surface area is 326 Å². The predicted molar refractivity (Wildman–Crippen MR) is 211 cm³/mol. The van der Waals surface area contributed by atoms with Gasteiger partial charge < -0.3 is 42.0 Å². The van der Waals surface area contributed by atoms with Crippen LogP contribution in [0, 0.1) is 0 Å². The molecule has 1 aliphatic rings. The molecule has 0 aromatic heterocycles. The van der Waals surface area contributed by atoms with Gasteiger partial charge in [-0.2, -0.15) is 0 Å². The van der Waals surface area contributed by atoms with Crippen LogP contribution in [0.25, 0.3) is 11.1 Å². The predicted octanol–water partition coefficient (Wildman–Crippen LogP) is 4.16. The van der Waals surface area contributed by atoms with Gasteiger partial charge in [0.2, 0.25) is 17.7 Å². The van der Waals surface area contributed by atoms with Gasteiger partial charge in [-0.05, 0) is 77.7 Å².